The molecular formula is C14H18N4OS. The summed E-state index contributed by atoms with van der Waals surface area (Å²) >= 11 is 1.75. The molecule has 0 aliphatic carbocycles. The lowest BCUT2D eigenvalue weighted by Gasteiger charge is -2.32. The van der Waals surface area contributed by atoms with Crippen LogP contribution in [-0.4, -0.2) is 64.7 Å². The van der Waals surface area contributed by atoms with E-state index in [-0.39, 0.29) is 0 Å². The molecule has 0 atom stereocenters. The van der Waals surface area contributed by atoms with Gasteiger partial charge < -0.3 is 9.88 Å². The van der Waals surface area contributed by atoms with Gasteiger partial charge >= 0.3 is 0 Å². The van der Waals surface area contributed by atoms with E-state index in [4.69, 9.17) is 0 Å². The number of fused-ring (bicyclic) bond motifs is 1. The average Bonchev–Trinajstić information content (AvgIpc) is 2.90. The van der Waals surface area contributed by atoms with E-state index in [1.54, 1.807) is 11.8 Å². The first-order valence-electron chi connectivity index (χ1n) is 6.84. The number of benzene rings is 1. The summed E-state index contributed by atoms with van der Waals surface area (Å²) in [6.07, 6.45) is 0.945. The molecule has 5 nitrogen and oxygen atoms in total. The highest BCUT2D eigenvalue weighted by atomic mass is 32.2. The minimum Gasteiger partial charge on any atom is -0.343 e. The molecule has 106 valence electrons. The second kappa shape index (κ2) is 6.28. The first-order chi connectivity index (χ1) is 9.85. The summed E-state index contributed by atoms with van der Waals surface area (Å²) in [5, 5.41) is 0.984. The van der Waals surface area contributed by atoms with Gasteiger partial charge in [0.15, 0.2) is 5.16 Å². The van der Waals surface area contributed by atoms with Gasteiger partial charge in [-0.05, 0) is 12.1 Å². The molecule has 1 aliphatic heterocycles. The van der Waals surface area contributed by atoms with Gasteiger partial charge in [0.25, 0.3) is 0 Å². The van der Waals surface area contributed by atoms with E-state index in [1.807, 2.05) is 29.2 Å². The van der Waals surface area contributed by atoms with Crippen LogP contribution >= 0.6 is 11.8 Å². The van der Waals surface area contributed by atoms with E-state index in [0.29, 0.717) is 0 Å². The number of piperazine rings is 1. The first-order valence-corrected chi connectivity index (χ1v) is 7.83. The van der Waals surface area contributed by atoms with E-state index in [1.165, 1.54) is 0 Å². The Hall–Kier alpha value is -1.53. The Bertz CT molecular complexity index is 544. The number of rotatable bonds is 5. The summed E-state index contributed by atoms with van der Waals surface area (Å²) in [4.78, 5) is 22.8. The molecule has 1 aliphatic rings. The molecule has 1 N–H and O–H groups in total. The number of aromatic nitrogens is 2. The zero-order chi connectivity index (χ0) is 13.8. The normalized spacial score (nSPS) is 16.7. The van der Waals surface area contributed by atoms with Crippen molar-refractivity contribution in [2.75, 3.05) is 38.5 Å². The lowest BCUT2D eigenvalue weighted by Crippen LogP contribution is -2.46. The number of H-pyrrole nitrogens is 1. The van der Waals surface area contributed by atoms with Crippen molar-refractivity contribution in [2.45, 2.75) is 5.16 Å². The fourth-order valence-electron chi connectivity index (χ4n) is 2.36. The molecule has 1 amide bonds. The standard InChI is InChI=1S/C14H18N4OS/c19-11-18-7-5-17(6-8-18)9-10-20-14-15-12-3-1-2-4-13(12)16-14/h1-4,11H,5-10H2,(H,15,16). The number of nitrogens with zero attached hydrogens (tertiary/aromatic N) is 3. The van der Waals surface area contributed by atoms with Crippen molar-refractivity contribution >= 4 is 29.2 Å². The maximum atomic E-state index is 10.6. The minimum absolute atomic E-state index is 0.846. The SMILES string of the molecule is O=CN1CCN(CCSc2nc3ccccc3[nH]2)CC1. The van der Waals surface area contributed by atoms with Crippen LogP contribution in [0.4, 0.5) is 0 Å². The topological polar surface area (TPSA) is 52.2 Å². The molecule has 0 bridgehead atoms. The average molecular weight is 290 g/mol. The number of para-hydroxylation sites is 2. The monoisotopic (exact) mass is 290 g/mol. The van der Waals surface area contributed by atoms with Crippen LogP contribution in [0.1, 0.15) is 0 Å². The summed E-state index contributed by atoms with van der Waals surface area (Å²) < 4.78 is 0. The molecule has 0 saturated carbocycles. The van der Waals surface area contributed by atoms with Crippen molar-refractivity contribution in [1.82, 2.24) is 19.8 Å². The number of aromatic amines is 1. The molecule has 1 saturated heterocycles. The Balaban J connectivity index is 1.47. The van der Waals surface area contributed by atoms with Crippen LogP contribution in [0.25, 0.3) is 11.0 Å². The number of imidazole rings is 1. The van der Waals surface area contributed by atoms with E-state index < -0.39 is 0 Å². The van der Waals surface area contributed by atoms with Crippen LogP contribution in [0.2, 0.25) is 0 Å². The molecular weight excluding hydrogens is 272 g/mol. The van der Waals surface area contributed by atoms with E-state index in [2.05, 4.69) is 14.9 Å². The highest BCUT2D eigenvalue weighted by molar-refractivity contribution is 7.99. The molecule has 0 radical (unpaired) electrons. The Kier molecular flexibility index (Phi) is 4.22. The maximum Gasteiger partial charge on any atom is 0.209 e. The molecule has 1 aromatic heterocycles. The Morgan fingerprint density at radius 1 is 1.25 bits per heavy atom. The Morgan fingerprint density at radius 3 is 2.80 bits per heavy atom. The van der Waals surface area contributed by atoms with Gasteiger partial charge in [-0.15, -0.1) is 0 Å². The van der Waals surface area contributed by atoms with Gasteiger partial charge in [0.1, 0.15) is 0 Å². The third kappa shape index (κ3) is 3.13. The highest BCUT2D eigenvalue weighted by Gasteiger charge is 2.14. The fraction of sp³-hybridized carbons (Fsp3) is 0.429. The molecule has 1 fully saturated rings. The highest BCUT2D eigenvalue weighted by Crippen LogP contribution is 2.19. The minimum atomic E-state index is 0.846. The van der Waals surface area contributed by atoms with Crippen molar-refractivity contribution in [3.8, 4) is 0 Å². The first kappa shape index (κ1) is 13.5. The van der Waals surface area contributed by atoms with Crippen LogP contribution in [0.5, 0.6) is 0 Å². The third-order valence-corrected chi connectivity index (χ3v) is 4.42. The van der Waals surface area contributed by atoms with Gasteiger partial charge in [-0.2, -0.15) is 0 Å². The molecule has 3 rings (SSSR count). The van der Waals surface area contributed by atoms with Crippen molar-refractivity contribution < 1.29 is 4.79 Å². The number of amides is 1. The molecule has 0 unspecified atom stereocenters. The zero-order valence-corrected chi connectivity index (χ0v) is 12.1. The summed E-state index contributed by atoms with van der Waals surface area (Å²) in [6, 6.07) is 8.09. The summed E-state index contributed by atoms with van der Waals surface area (Å²) in [5.74, 6) is 1.01. The number of carbonyl (C=O) groups excluding carboxylic acids is 1. The number of hydrogen-bond acceptors (Lipinski definition) is 4. The Morgan fingerprint density at radius 2 is 2.05 bits per heavy atom. The molecule has 2 aromatic rings. The summed E-state index contributed by atoms with van der Waals surface area (Å²) in [5.41, 5.74) is 2.11. The van der Waals surface area contributed by atoms with Crippen LogP contribution < -0.4 is 0 Å². The number of nitrogens with one attached hydrogen (secondary N) is 1. The van der Waals surface area contributed by atoms with Crippen molar-refractivity contribution in [3.05, 3.63) is 24.3 Å². The number of hydrogen-bond donors (Lipinski definition) is 1. The predicted molar refractivity (Wildman–Crippen MR) is 80.9 cm³/mol. The van der Waals surface area contributed by atoms with Crippen LogP contribution in [0, 0.1) is 0 Å². The van der Waals surface area contributed by atoms with Gasteiger partial charge in [0.05, 0.1) is 11.0 Å². The largest absolute Gasteiger partial charge is 0.343 e. The molecule has 0 spiro atoms. The molecule has 20 heavy (non-hydrogen) atoms. The van der Waals surface area contributed by atoms with Crippen LogP contribution in [-0.2, 0) is 4.79 Å². The fourth-order valence-corrected chi connectivity index (χ4v) is 3.25. The van der Waals surface area contributed by atoms with Crippen molar-refractivity contribution in [3.63, 3.8) is 0 Å². The summed E-state index contributed by atoms with van der Waals surface area (Å²) in [6.45, 7) is 4.67. The quantitative estimate of drug-likeness (QED) is 0.668. The van der Waals surface area contributed by atoms with Gasteiger partial charge in [-0.3, -0.25) is 9.69 Å². The van der Waals surface area contributed by atoms with Gasteiger partial charge in [0, 0.05) is 38.5 Å². The van der Waals surface area contributed by atoms with Crippen LogP contribution in [0.15, 0.2) is 29.4 Å². The lowest BCUT2D eigenvalue weighted by molar-refractivity contribution is -0.119. The molecule has 1 aromatic carbocycles. The second-order valence-corrected chi connectivity index (χ2v) is 5.97. The van der Waals surface area contributed by atoms with E-state index in [0.717, 1.165) is 61.1 Å². The number of carbonyl (C=O) groups is 1. The van der Waals surface area contributed by atoms with Crippen LogP contribution in [0.3, 0.4) is 0 Å². The lowest BCUT2D eigenvalue weighted by atomic mass is 10.3. The number of thioether (sulfide) groups is 1. The third-order valence-electron chi connectivity index (χ3n) is 3.57. The molecule has 6 heteroatoms. The van der Waals surface area contributed by atoms with Crippen molar-refractivity contribution in [1.29, 1.82) is 0 Å². The second-order valence-electron chi connectivity index (χ2n) is 4.89. The van der Waals surface area contributed by atoms with E-state index in [9.17, 15) is 4.79 Å². The zero-order valence-electron chi connectivity index (χ0n) is 11.3. The van der Waals surface area contributed by atoms with Crippen molar-refractivity contribution in [2.24, 2.45) is 0 Å². The maximum absolute atomic E-state index is 10.6. The predicted octanol–water partition coefficient (Wildman–Crippen LogP) is 1.43. The van der Waals surface area contributed by atoms with Gasteiger partial charge in [-0.25, -0.2) is 4.98 Å². The summed E-state index contributed by atoms with van der Waals surface area (Å²) in [7, 11) is 0. The smallest absolute Gasteiger partial charge is 0.209 e. The van der Waals surface area contributed by atoms with E-state index >= 15 is 0 Å². The Labute approximate surface area is 122 Å². The molecule has 2 heterocycles. The van der Waals surface area contributed by atoms with Gasteiger partial charge in [-0.1, -0.05) is 23.9 Å². The van der Waals surface area contributed by atoms with Gasteiger partial charge in [0.2, 0.25) is 6.41 Å².